The molecule has 0 aromatic heterocycles. The molecule has 0 aliphatic carbocycles. The summed E-state index contributed by atoms with van der Waals surface area (Å²) >= 11 is 0. The zero-order valence-electron chi connectivity index (χ0n) is 12.9. The molecule has 0 saturated carbocycles. The Morgan fingerprint density at radius 2 is 1.45 bits per heavy atom. The molecule has 0 fully saturated rings. The summed E-state index contributed by atoms with van der Waals surface area (Å²) in [6, 6.07) is 0. The molecule has 0 saturated heterocycles. The number of hydrogen-bond donors (Lipinski definition) is 2. The van der Waals surface area contributed by atoms with Crippen molar-refractivity contribution in [2.45, 2.75) is 83.4 Å². The molecule has 0 radical (unpaired) electrons. The van der Waals surface area contributed by atoms with Crippen LogP contribution in [0.15, 0.2) is 0 Å². The fourth-order valence-electron chi connectivity index (χ4n) is 2.19. The van der Waals surface area contributed by atoms with Crippen molar-refractivity contribution in [1.82, 2.24) is 5.32 Å². The SMILES string of the molecule is CCCCCCCCCCCC(NC(C)=O)S(N)(=O)=O. The predicted molar refractivity (Wildman–Crippen MR) is 82.6 cm³/mol. The fraction of sp³-hybridized carbons (Fsp3) is 0.929. The molecule has 1 amide bonds. The molecule has 6 heteroatoms. The number of primary sulfonamides is 1. The molecule has 0 spiro atoms. The largest absolute Gasteiger partial charge is 0.339 e. The number of amides is 1. The van der Waals surface area contributed by atoms with E-state index in [9.17, 15) is 13.2 Å². The van der Waals surface area contributed by atoms with E-state index in [4.69, 9.17) is 5.14 Å². The molecule has 0 heterocycles. The first kappa shape index (κ1) is 19.4. The molecule has 0 aromatic rings. The summed E-state index contributed by atoms with van der Waals surface area (Å²) in [7, 11) is -3.70. The van der Waals surface area contributed by atoms with Crippen molar-refractivity contribution in [3.05, 3.63) is 0 Å². The number of hydrogen-bond acceptors (Lipinski definition) is 3. The van der Waals surface area contributed by atoms with Gasteiger partial charge < -0.3 is 5.32 Å². The van der Waals surface area contributed by atoms with Gasteiger partial charge in [0.25, 0.3) is 0 Å². The zero-order valence-corrected chi connectivity index (χ0v) is 13.7. The highest BCUT2D eigenvalue weighted by Gasteiger charge is 2.21. The van der Waals surface area contributed by atoms with Crippen molar-refractivity contribution in [2.24, 2.45) is 5.14 Å². The summed E-state index contributed by atoms with van der Waals surface area (Å²) in [4.78, 5) is 10.9. The smallest absolute Gasteiger partial charge is 0.230 e. The Hall–Kier alpha value is -0.620. The third kappa shape index (κ3) is 11.2. The van der Waals surface area contributed by atoms with Crippen LogP contribution in [0.1, 0.15) is 78.1 Å². The minimum absolute atomic E-state index is 0.361. The first-order valence-electron chi connectivity index (χ1n) is 7.66. The van der Waals surface area contributed by atoms with Crippen LogP contribution in [-0.4, -0.2) is 19.7 Å². The number of nitrogens with two attached hydrogens (primary N) is 1. The lowest BCUT2D eigenvalue weighted by molar-refractivity contribution is -0.119. The molecule has 0 aliphatic rings. The summed E-state index contributed by atoms with van der Waals surface area (Å²) in [5.74, 6) is -0.361. The molecule has 120 valence electrons. The van der Waals surface area contributed by atoms with Gasteiger partial charge in [0.05, 0.1) is 0 Å². The highest BCUT2D eigenvalue weighted by molar-refractivity contribution is 7.89. The molecular weight excluding hydrogens is 276 g/mol. The van der Waals surface area contributed by atoms with E-state index in [-0.39, 0.29) is 5.91 Å². The minimum Gasteiger partial charge on any atom is -0.339 e. The summed E-state index contributed by atoms with van der Waals surface area (Å²) in [6.07, 6.45) is 10.9. The van der Waals surface area contributed by atoms with E-state index < -0.39 is 15.4 Å². The maximum absolute atomic E-state index is 11.3. The lowest BCUT2D eigenvalue weighted by atomic mass is 10.1. The van der Waals surface area contributed by atoms with Crippen LogP contribution in [0.25, 0.3) is 0 Å². The maximum atomic E-state index is 11.3. The quantitative estimate of drug-likeness (QED) is 0.543. The Labute approximate surface area is 123 Å². The van der Waals surface area contributed by atoms with Gasteiger partial charge in [0.2, 0.25) is 15.9 Å². The van der Waals surface area contributed by atoms with Crippen LogP contribution in [0.3, 0.4) is 0 Å². The van der Waals surface area contributed by atoms with Gasteiger partial charge in [0.1, 0.15) is 5.37 Å². The third-order valence-electron chi connectivity index (χ3n) is 3.33. The van der Waals surface area contributed by atoms with Crippen LogP contribution in [0.5, 0.6) is 0 Å². The van der Waals surface area contributed by atoms with Crippen molar-refractivity contribution < 1.29 is 13.2 Å². The van der Waals surface area contributed by atoms with Crippen molar-refractivity contribution >= 4 is 15.9 Å². The number of rotatable bonds is 12. The van der Waals surface area contributed by atoms with E-state index in [1.165, 1.54) is 45.4 Å². The molecule has 0 rings (SSSR count). The van der Waals surface area contributed by atoms with E-state index >= 15 is 0 Å². The van der Waals surface area contributed by atoms with Crippen molar-refractivity contribution in [3.8, 4) is 0 Å². The second-order valence-corrected chi connectivity index (χ2v) is 7.14. The predicted octanol–water partition coefficient (Wildman–Crippen LogP) is 2.66. The van der Waals surface area contributed by atoms with Gasteiger partial charge in [-0.25, -0.2) is 13.6 Å². The molecule has 1 atom stereocenters. The third-order valence-corrected chi connectivity index (χ3v) is 4.48. The Kier molecular flexibility index (Phi) is 10.7. The van der Waals surface area contributed by atoms with E-state index in [2.05, 4.69) is 12.2 Å². The molecular formula is C14H30N2O3S. The van der Waals surface area contributed by atoms with Gasteiger partial charge in [-0.1, -0.05) is 64.7 Å². The highest BCUT2D eigenvalue weighted by atomic mass is 32.2. The van der Waals surface area contributed by atoms with Gasteiger partial charge >= 0.3 is 0 Å². The van der Waals surface area contributed by atoms with Gasteiger partial charge in [-0.3, -0.25) is 4.79 Å². The molecule has 20 heavy (non-hydrogen) atoms. The number of nitrogens with one attached hydrogen (secondary N) is 1. The zero-order chi connectivity index (χ0) is 15.4. The number of sulfonamides is 1. The second-order valence-electron chi connectivity index (χ2n) is 5.40. The van der Waals surface area contributed by atoms with Crippen molar-refractivity contribution in [2.75, 3.05) is 0 Å². The maximum Gasteiger partial charge on any atom is 0.230 e. The van der Waals surface area contributed by atoms with E-state index in [1.807, 2.05) is 0 Å². The first-order chi connectivity index (χ1) is 9.38. The fourth-order valence-corrected chi connectivity index (χ4v) is 3.01. The van der Waals surface area contributed by atoms with Gasteiger partial charge in [-0.05, 0) is 6.42 Å². The molecule has 5 nitrogen and oxygen atoms in total. The minimum atomic E-state index is -3.70. The van der Waals surface area contributed by atoms with Gasteiger partial charge in [0.15, 0.2) is 0 Å². The molecule has 1 unspecified atom stereocenters. The number of carbonyl (C=O) groups excluding carboxylic acids is 1. The summed E-state index contributed by atoms with van der Waals surface area (Å²) in [5, 5.41) is 6.55. The summed E-state index contributed by atoms with van der Waals surface area (Å²) in [5.41, 5.74) is 0. The Morgan fingerprint density at radius 3 is 1.85 bits per heavy atom. The monoisotopic (exact) mass is 306 g/mol. The number of unbranched alkanes of at least 4 members (excludes halogenated alkanes) is 8. The molecule has 0 aromatic carbocycles. The van der Waals surface area contributed by atoms with Crippen LogP contribution >= 0.6 is 0 Å². The topological polar surface area (TPSA) is 89.3 Å². The lowest BCUT2D eigenvalue weighted by Crippen LogP contribution is -2.43. The highest BCUT2D eigenvalue weighted by Crippen LogP contribution is 2.12. The van der Waals surface area contributed by atoms with E-state index in [1.54, 1.807) is 0 Å². The lowest BCUT2D eigenvalue weighted by Gasteiger charge is -2.15. The van der Waals surface area contributed by atoms with E-state index in [0.29, 0.717) is 6.42 Å². The first-order valence-corrected chi connectivity index (χ1v) is 9.27. The Morgan fingerprint density at radius 1 is 1.00 bits per heavy atom. The summed E-state index contributed by atoms with van der Waals surface area (Å²) < 4.78 is 22.6. The molecule has 3 N–H and O–H groups in total. The van der Waals surface area contributed by atoms with Crippen molar-refractivity contribution in [3.63, 3.8) is 0 Å². The Bertz CT molecular complexity index is 355. The van der Waals surface area contributed by atoms with Gasteiger partial charge in [-0.15, -0.1) is 0 Å². The van der Waals surface area contributed by atoms with Gasteiger partial charge in [-0.2, -0.15) is 0 Å². The van der Waals surface area contributed by atoms with Crippen molar-refractivity contribution in [1.29, 1.82) is 0 Å². The normalized spacial score (nSPS) is 13.2. The second kappa shape index (κ2) is 11.1. The summed E-state index contributed by atoms with van der Waals surface area (Å²) in [6.45, 7) is 3.51. The van der Waals surface area contributed by atoms with Crippen LogP contribution in [0, 0.1) is 0 Å². The standard InChI is InChI=1S/C14H30N2O3S/c1-3-4-5-6-7-8-9-10-11-12-14(16-13(2)17)20(15,18)19/h14H,3-12H2,1-2H3,(H,16,17)(H2,15,18,19). The molecule has 0 aliphatic heterocycles. The van der Waals surface area contributed by atoms with Gasteiger partial charge in [0, 0.05) is 6.92 Å². The van der Waals surface area contributed by atoms with Crippen LogP contribution in [0.4, 0.5) is 0 Å². The average molecular weight is 306 g/mol. The van der Waals surface area contributed by atoms with Crippen LogP contribution in [0.2, 0.25) is 0 Å². The van der Waals surface area contributed by atoms with E-state index in [0.717, 1.165) is 19.3 Å². The Balaban J connectivity index is 3.67. The van der Waals surface area contributed by atoms with Crippen LogP contribution in [-0.2, 0) is 14.8 Å². The molecule has 0 bridgehead atoms. The van der Waals surface area contributed by atoms with Crippen LogP contribution < -0.4 is 10.5 Å². The average Bonchev–Trinajstić information content (AvgIpc) is 2.33. The number of carbonyl (C=O) groups is 1.